The maximum Gasteiger partial charge on any atom is 0.249 e. The molecule has 1 atom stereocenters. The second kappa shape index (κ2) is 10.9. The topological polar surface area (TPSA) is 89.3 Å². The number of carbonyl (C=O) groups excluding carboxylic acids is 2. The number of amides is 2. The summed E-state index contributed by atoms with van der Waals surface area (Å²) in [7, 11) is 0. The Morgan fingerprint density at radius 3 is 2.64 bits per heavy atom. The van der Waals surface area contributed by atoms with Crippen LogP contribution < -0.4 is 15.0 Å². The Balaban J connectivity index is 1.79. The number of nitrogens with one attached hydrogen (secondary N) is 1. The lowest BCUT2D eigenvalue weighted by atomic mass is 10.0. The minimum Gasteiger partial charge on any atom is -0.494 e. The van der Waals surface area contributed by atoms with Gasteiger partial charge in [0.25, 0.3) is 0 Å². The Kier molecular flexibility index (Phi) is 7.69. The molecule has 2 heterocycles. The molecule has 2 aromatic heterocycles. The van der Waals surface area contributed by atoms with Gasteiger partial charge in [-0.15, -0.1) is 16.4 Å². The van der Waals surface area contributed by atoms with E-state index in [4.69, 9.17) is 4.74 Å². The molecule has 2 amide bonds. The molecule has 36 heavy (non-hydrogen) atoms. The molecule has 0 fully saturated rings. The molecule has 0 radical (unpaired) electrons. The van der Waals surface area contributed by atoms with Crippen molar-refractivity contribution < 1.29 is 14.3 Å². The van der Waals surface area contributed by atoms with E-state index in [1.807, 2.05) is 87.7 Å². The van der Waals surface area contributed by atoms with E-state index < -0.39 is 11.6 Å². The Hall–Kier alpha value is -3.72. The van der Waals surface area contributed by atoms with E-state index in [-0.39, 0.29) is 18.4 Å². The van der Waals surface area contributed by atoms with Gasteiger partial charge in [-0.05, 0) is 62.9 Å². The van der Waals surface area contributed by atoms with Gasteiger partial charge in [-0.2, -0.15) is 0 Å². The molecule has 0 saturated heterocycles. The van der Waals surface area contributed by atoms with Crippen LogP contribution in [0, 0.1) is 0 Å². The standard InChI is InChI=1S/C27H31N5O3S/c1-5-27(3,4)28-26(34)25(23-15-10-16-36-23)32(19-11-9-12-20(17-19)35-6-2)24(33)18-31-22-14-8-7-13-21(22)29-30-31/h7-17,25H,5-6,18H2,1-4H3,(H,28,34). The van der Waals surface area contributed by atoms with Gasteiger partial charge in [0.2, 0.25) is 11.8 Å². The summed E-state index contributed by atoms with van der Waals surface area (Å²) in [4.78, 5) is 30.1. The number of aromatic nitrogens is 3. The maximum absolute atomic E-state index is 14.0. The Morgan fingerprint density at radius 1 is 1.11 bits per heavy atom. The Morgan fingerprint density at radius 2 is 1.92 bits per heavy atom. The number of anilines is 1. The van der Waals surface area contributed by atoms with Crippen LogP contribution in [0.1, 0.15) is 45.0 Å². The second-order valence-electron chi connectivity index (χ2n) is 9.07. The van der Waals surface area contributed by atoms with Gasteiger partial charge in [0, 0.05) is 22.2 Å². The van der Waals surface area contributed by atoms with Gasteiger partial charge >= 0.3 is 0 Å². The summed E-state index contributed by atoms with van der Waals surface area (Å²) in [6.07, 6.45) is 0.745. The highest BCUT2D eigenvalue weighted by Gasteiger charge is 2.36. The normalized spacial score (nSPS) is 12.3. The van der Waals surface area contributed by atoms with Crippen LogP contribution >= 0.6 is 11.3 Å². The van der Waals surface area contributed by atoms with E-state index >= 15 is 0 Å². The van der Waals surface area contributed by atoms with E-state index in [0.717, 1.165) is 16.8 Å². The van der Waals surface area contributed by atoms with Crippen LogP contribution in [0.5, 0.6) is 5.75 Å². The fourth-order valence-corrected chi connectivity index (χ4v) is 4.69. The first kappa shape index (κ1) is 25.4. The fourth-order valence-electron chi connectivity index (χ4n) is 3.88. The number of rotatable bonds is 10. The Labute approximate surface area is 214 Å². The molecule has 4 aromatic rings. The van der Waals surface area contributed by atoms with Crippen molar-refractivity contribution in [3.8, 4) is 5.75 Å². The van der Waals surface area contributed by atoms with Gasteiger partial charge in [-0.1, -0.05) is 36.4 Å². The summed E-state index contributed by atoms with van der Waals surface area (Å²) < 4.78 is 7.27. The molecule has 0 bridgehead atoms. The number of carbonyl (C=O) groups is 2. The van der Waals surface area contributed by atoms with Crippen LogP contribution in [-0.4, -0.2) is 39.0 Å². The van der Waals surface area contributed by atoms with Crippen molar-refractivity contribution >= 4 is 39.9 Å². The third kappa shape index (κ3) is 5.57. The molecule has 4 rings (SSSR count). The van der Waals surface area contributed by atoms with Crippen LogP contribution in [0.2, 0.25) is 0 Å². The molecule has 0 aliphatic heterocycles. The van der Waals surface area contributed by atoms with Gasteiger partial charge in [-0.3, -0.25) is 14.5 Å². The van der Waals surface area contributed by atoms with E-state index in [9.17, 15) is 9.59 Å². The molecule has 0 aliphatic carbocycles. The molecular formula is C27H31N5O3S. The van der Waals surface area contributed by atoms with Crippen LogP contribution in [0.25, 0.3) is 11.0 Å². The van der Waals surface area contributed by atoms with E-state index in [1.54, 1.807) is 15.6 Å². The highest BCUT2D eigenvalue weighted by Crippen LogP contribution is 2.33. The van der Waals surface area contributed by atoms with E-state index in [2.05, 4.69) is 15.6 Å². The third-order valence-corrected chi connectivity index (χ3v) is 6.97. The molecule has 9 heteroatoms. The predicted molar refractivity (Wildman–Crippen MR) is 142 cm³/mol. The number of ether oxygens (including phenoxy) is 1. The van der Waals surface area contributed by atoms with Crippen molar-refractivity contribution in [1.29, 1.82) is 0 Å². The molecule has 188 valence electrons. The van der Waals surface area contributed by atoms with Crippen molar-refractivity contribution in [3.63, 3.8) is 0 Å². The lowest BCUT2D eigenvalue weighted by Gasteiger charge is -2.34. The van der Waals surface area contributed by atoms with E-state index in [1.165, 1.54) is 11.3 Å². The lowest BCUT2D eigenvalue weighted by Crippen LogP contribution is -2.50. The third-order valence-electron chi connectivity index (χ3n) is 6.05. The largest absolute Gasteiger partial charge is 0.494 e. The zero-order valence-electron chi connectivity index (χ0n) is 21.0. The smallest absolute Gasteiger partial charge is 0.249 e. The number of thiophene rings is 1. The van der Waals surface area contributed by atoms with Gasteiger partial charge in [-0.25, -0.2) is 4.68 Å². The average molecular weight is 506 g/mol. The van der Waals surface area contributed by atoms with Crippen molar-refractivity contribution in [1.82, 2.24) is 20.3 Å². The zero-order valence-corrected chi connectivity index (χ0v) is 21.8. The highest BCUT2D eigenvalue weighted by atomic mass is 32.1. The first-order valence-corrected chi connectivity index (χ1v) is 12.9. The minimum atomic E-state index is -0.866. The predicted octanol–water partition coefficient (Wildman–Crippen LogP) is 4.97. The van der Waals surface area contributed by atoms with Crippen molar-refractivity contribution in [2.45, 2.75) is 52.2 Å². The number of hydrogen-bond acceptors (Lipinski definition) is 6. The maximum atomic E-state index is 14.0. The first-order chi connectivity index (χ1) is 17.3. The van der Waals surface area contributed by atoms with Crippen molar-refractivity contribution in [3.05, 3.63) is 70.9 Å². The van der Waals surface area contributed by atoms with Gasteiger partial charge in [0.1, 0.15) is 23.9 Å². The lowest BCUT2D eigenvalue weighted by molar-refractivity contribution is -0.128. The summed E-state index contributed by atoms with van der Waals surface area (Å²) >= 11 is 1.44. The Bertz CT molecular complexity index is 1330. The number of benzene rings is 2. The van der Waals surface area contributed by atoms with Crippen LogP contribution in [-0.2, 0) is 16.1 Å². The molecule has 2 aromatic carbocycles. The summed E-state index contributed by atoms with van der Waals surface area (Å²) in [5.74, 6) is 0.0864. The fraction of sp³-hybridized carbons (Fsp3) is 0.333. The number of hydrogen-bond donors (Lipinski definition) is 1. The number of para-hydroxylation sites is 1. The summed E-state index contributed by atoms with van der Waals surface area (Å²) in [5.41, 5.74) is 1.58. The summed E-state index contributed by atoms with van der Waals surface area (Å²) in [6, 6.07) is 17.6. The molecule has 0 aliphatic rings. The quantitative estimate of drug-likeness (QED) is 0.329. The first-order valence-electron chi connectivity index (χ1n) is 12.0. The van der Waals surface area contributed by atoms with Crippen LogP contribution in [0.3, 0.4) is 0 Å². The van der Waals surface area contributed by atoms with Gasteiger partial charge in [0.15, 0.2) is 0 Å². The number of nitrogens with zero attached hydrogens (tertiary/aromatic N) is 4. The zero-order chi connectivity index (χ0) is 25.7. The SMILES string of the molecule is CCOc1cccc(N(C(=O)Cn2nnc3ccccc32)C(C(=O)NC(C)(C)CC)c2cccs2)c1. The second-order valence-corrected chi connectivity index (χ2v) is 10.1. The average Bonchev–Trinajstić information content (AvgIpc) is 3.53. The van der Waals surface area contributed by atoms with Crippen LogP contribution in [0.15, 0.2) is 66.0 Å². The van der Waals surface area contributed by atoms with Gasteiger partial charge in [0.05, 0.1) is 12.1 Å². The van der Waals surface area contributed by atoms with Crippen LogP contribution in [0.4, 0.5) is 5.69 Å². The summed E-state index contributed by atoms with van der Waals surface area (Å²) in [6.45, 7) is 8.28. The molecule has 8 nitrogen and oxygen atoms in total. The molecule has 0 saturated carbocycles. The molecule has 1 unspecified atom stereocenters. The highest BCUT2D eigenvalue weighted by molar-refractivity contribution is 7.10. The number of fused-ring (bicyclic) bond motifs is 1. The molecular weight excluding hydrogens is 474 g/mol. The summed E-state index contributed by atoms with van der Waals surface area (Å²) in [5, 5.41) is 13.4. The van der Waals surface area contributed by atoms with Crippen molar-refractivity contribution in [2.24, 2.45) is 0 Å². The van der Waals surface area contributed by atoms with Crippen molar-refractivity contribution in [2.75, 3.05) is 11.5 Å². The molecule has 0 spiro atoms. The van der Waals surface area contributed by atoms with E-state index in [0.29, 0.717) is 23.6 Å². The molecule has 1 N–H and O–H groups in total. The monoisotopic (exact) mass is 505 g/mol. The van der Waals surface area contributed by atoms with Gasteiger partial charge < -0.3 is 10.1 Å². The minimum absolute atomic E-state index is 0.0777.